The molecule has 0 radical (unpaired) electrons. The molecule has 0 spiro atoms. The van der Waals surface area contributed by atoms with E-state index in [1.54, 1.807) is 24.3 Å². The van der Waals surface area contributed by atoms with Crippen LogP contribution in [0.1, 0.15) is 42.0 Å². The monoisotopic (exact) mass is 390 g/mol. The van der Waals surface area contributed by atoms with Crippen LogP contribution < -0.4 is 10.6 Å². The fraction of sp³-hybridized carbons (Fsp3) is 0.450. The van der Waals surface area contributed by atoms with E-state index in [-0.39, 0.29) is 17.7 Å². The van der Waals surface area contributed by atoms with Crippen LogP contribution in [0.5, 0.6) is 0 Å². The molecule has 1 atom stereocenters. The number of rotatable bonds is 8. The molecule has 0 aliphatic rings. The molecule has 0 fully saturated rings. The van der Waals surface area contributed by atoms with Gasteiger partial charge in [0.15, 0.2) is 0 Å². The number of aromatic nitrogens is 2. The molecule has 7 heteroatoms. The first kappa shape index (κ1) is 21.0. The zero-order valence-electron chi connectivity index (χ0n) is 16.3. The van der Waals surface area contributed by atoms with E-state index in [0.717, 1.165) is 24.4 Å². The topological polar surface area (TPSA) is 76.0 Å². The number of hydrogen-bond donors (Lipinski definition) is 2. The largest absolute Gasteiger partial charge is 0.354 e. The zero-order valence-corrected chi connectivity index (χ0v) is 17.0. The van der Waals surface area contributed by atoms with E-state index in [0.29, 0.717) is 17.1 Å². The van der Waals surface area contributed by atoms with E-state index >= 15 is 0 Å². The molecule has 0 saturated carbocycles. The second kappa shape index (κ2) is 9.55. The molecule has 1 aromatic carbocycles. The lowest BCUT2D eigenvalue weighted by Gasteiger charge is -2.22. The van der Waals surface area contributed by atoms with Crippen molar-refractivity contribution in [2.24, 2.45) is 5.92 Å². The van der Waals surface area contributed by atoms with Gasteiger partial charge in [-0.05, 0) is 44.4 Å². The molecule has 0 saturated heterocycles. The van der Waals surface area contributed by atoms with Gasteiger partial charge in [0.1, 0.15) is 6.04 Å². The fourth-order valence-electron chi connectivity index (χ4n) is 2.85. The second-order valence-electron chi connectivity index (χ2n) is 6.97. The highest BCUT2D eigenvalue weighted by Crippen LogP contribution is 2.15. The van der Waals surface area contributed by atoms with E-state index in [1.165, 1.54) is 0 Å². The van der Waals surface area contributed by atoms with Crippen LogP contribution >= 0.6 is 11.6 Å². The molecular weight excluding hydrogens is 364 g/mol. The summed E-state index contributed by atoms with van der Waals surface area (Å²) in [7, 11) is 0. The van der Waals surface area contributed by atoms with Crippen molar-refractivity contribution < 1.29 is 9.59 Å². The van der Waals surface area contributed by atoms with Crippen LogP contribution in [-0.2, 0) is 11.3 Å². The number of nitrogens with one attached hydrogen (secondary N) is 2. The molecule has 0 bridgehead atoms. The first-order valence-corrected chi connectivity index (χ1v) is 9.51. The van der Waals surface area contributed by atoms with Crippen LogP contribution in [0, 0.1) is 19.8 Å². The third-order valence-corrected chi connectivity index (χ3v) is 4.63. The van der Waals surface area contributed by atoms with Crippen molar-refractivity contribution in [1.29, 1.82) is 0 Å². The molecule has 146 valence electrons. The standard InChI is InChI=1S/C20H27ClN4O2/c1-13(2)18(23-19(26)16-8-5-6-9-17(16)21)20(27)22-10-7-11-25-15(4)12-14(3)24-25/h5-6,8-9,12-13,18H,7,10-11H2,1-4H3,(H,22,27)(H,23,26)/t18-/m1/s1. The summed E-state index contributed by atoms with van der Waals surface area (Å²) in [6.45, 7) is 9.01. The highest BCUT2D eigenvalue weighted by molar-refractivity contribution is 6.33. The Morgan fingerprint density at radius 2 is 1.93 bits per heavy atom. The molecule has 2 N–H and O–H groups in total. The van der Waals surface area contributed by atoms with Gasteiger partial charge in [-0.25, -0.2) is 0 Å². The van der Waals surface area contributed by atoms with Crippen molar-refractivity contribution in [3.63, 3.8) is 0 Å². The average Bonchev–Trinajstić information content (AvgIpc) is 2.93. The van der Waals surface area contributed by atoms with Crippen molar-refractivity contribution >= 4 is 23.4 Å². The number of carbonyl (C=O) groups excluding carboxylic acids is 2. The Morgan fingerprint density at radius 1 is 1.22 bits per heavy atom. The number of carbonyl (C=O) groups is 2. The molecule has 2 rings (SSSR count). The van der Waals surface area contributed by atoms with Gasteiger partial charge in [-0.2, -0.15) is 5.10 Å². The maximum Gasteiger partial charge on any atom is 0.253 e. The van der Waals surface area contributed by atoms with Gasteiger partial charge < -0.3 is 10.6 Å². The maximum absolute atomic E-state index is 12.5. The van der Waals surface area contributed by atoms with Crippen molar-refractivity contribution in [3.05, 3.63) is 52.3 Å². The minimum absolute atomic E-state index is 0.0487. The van der Waals surface area contributed by atoms with Crippen molar-refractivity contribution in [2.75, 3.05) is 6.54 Å². The minimum Gasteiger partial charge on any atom is -0.354 e. The van der Waals surface area contributed by atoms with E-state index in [2.05, 4.69) is 15.7 Å². The summed E-state index contributed by atoms with van der Waals surface area (Å²) in [6.07, 6.45) is 0.761. The number of hydrogen-bond acceptors (Lipinski definition) is 3. The van der Waals surface area contributed by atoms with Crippen LogP contribution in [0.25, 0.3) is 0 Å². The van der Waals surface area contributed by atoms with Crippen molar-refractivity contribution in [1.82, 2.24) is 20.4 Å². The Balaban J connectivity index is 1.88. The molecule has 2 aromatic rings. The highest BCUT2D eigenvalue weighted by atomic mass is 35.5. The second-order valence-corrected chi connectivity index (χ2v) is 7.38. The summed E-state index contributed by atoms with van der Waals surface area (Å²) in [6, 6.07) is 8.19. The SMILES string of the molecule is Cc1cc(C)n(CCCNC(=O)[C@H](NC(=O)c2ccccc2Cl)C(C)C)n1. The van der Waals surface area contributed by atoms with Crippen molar-refractivity contribution in [2.45, 2.75) is 46.7 Å². The molecule has 2 amide bonds. The van der Waals surface area contributed by atoms with Crippen LogP contribution in [-0.4, -0.2) is 34.2 Å². The van der Waals surface area contributed by atoms with Gasteiger partial charge in [-0.1, -0.05) is 37.6 Å². The van der Waals surface area contributed by atoms with Gasteiger partial charge in [0.25, 0.3) is 5.91 Å². The van der Waals surface area contributed by atoms with Crippen LogP contribution in [0.15, 0.2) is 30.3 Å². The van der Waals surface area contributed by atoms with E-state index < -0.39 is 6.04 Å². The number of nitrogens with zero attached hydrogens (tertiary/aromatic N) is 2. The van der Waals surface area contributed by atoms with E-state index in [1.807, 2.05) is 38.4 Å². The number of amides is 2. The minimum atomic E-state index is -0.623. The number of halogens is 1. The lowest BCUT2D eigenvalue weighted by Crippen LogP contribution is -2.50. The molecule has 6 nitrogen and oxygen atoms in total. The Morgan fingerprint density at radius 3 is 2.52 bits per heavy atom. The Bertz CT molecular complexity index is 801. The van der Waals surface area contributed by atoms with Crippen LogP contribution in [0.2, 0.25) is 5.02 Å². The number of aryl methyl sites for hydroxylation is 3. The fourth-order valence-corrected chi connectivity index (χ4v) is 3.07. The third kappa shape index (κ3) is 5.82. The summed E-state index contributed by atoms with van der Waals surface area (Å²) >= 11 is 6.07. The van der Waals surface area contributed by atoms with Crippen LogP contribution in [0.3, 0.4) is 0 Å². The zero-order chi connectivity index (χ0) is 20.0. The molecule has 1 aromatic heterocycles. The molecule has 0 aliphatic carbocycles. The summed E-state index contributed by atoms with van der Waals surface area (Å²) in [4.78, 5) is 25.0. The Hall–Kier alpha value is -2.34. The summed E-state index contributed by atoms with van der Waals surface area (Å²) in [5, 5.41) is 10.5. The number of benzene rings is 1. The van der Waals surface area contributed by atoms with Gasteiger partial charge in [-0.15, -0.1) is 0 Å². The van der Waals surface area contributed by atoms with Crippen molar-refractivity contribution in [3.8, 4) is 0 Å². The predicted octanol–water partition coefficient (Wildman–Crippen LogP) is 3.11. The predicted molar refractivity (Wildman–Crippen MR) is 107 cm³/mol. The first-order valence-electron chi connectivity index (χ1n) is 9.13. The average molecular weight is 391 g/mol. The summed E-state index contributed by atoms with van der Waals surface area (Å²) in [5.41, 5.74) is 2.45. The molecule has 27 heavy (non-hydrogen) atoms. The molecule has 1 heterocycles. The summed E-state index contributed by atoms with van der Waals surface area (Å²) < 4.78 is 1.93. The Labute approximate surface area is 165 Å². The lowest BCUT2D eigenvalue weighted by atomic mass is 10.0. The Kier molecular flexibility index (Phi) is 7.42. The van der Waals surface area contributed by atoms with Crippen LogP contribution in [0.4, 0.5) is 0 Å². The first-order chi connectivity index (χ1) is 12.8. The van der Waals surface area contributed by atoms with Gasteiger partial charge in [-0.3, -0.25) is 14.3 Å². The smallest absolute Gasteiger partial charge is 0.253 e. The van der Waals surface area contributed by atoms with Gasteiger partial charge in [0.05, 0.1) is 16.3 Å². The molecular formula is C20H27ClN4O2. The van der Waals surface area contributed by atoms with Gasteiger partial charge in [0.2, 0.25) is 5.91 Å². The maximum atomic E-state index is 12.5. The van der Waals surface area contributed by atoms with E-state index in [9.17, 15) is 9.59 Å². The lowest BCUT2D eigenvalue weighted by molar-refractivity contribution is -0.123. The molecule has 0 aliphatic heterocycles. The normalized spacial score (nSPS) is 12.1. The quantitative estimate of drug-likeness (QED) is 0.680. The third-order valence-electron chi connectivity index (χ3n) is 4.30. The van der Waals surface area contributed by atoms with Gasteiger partial charge >= 0.3 is 0 Å². The molecule has 0 unspecified atom stereocenters. The van der Waals surface area contributed by atoms with E-state index in [4.69, 9.17) is 11.6 Å². The van der Waals surface area contributed by atoms with Gasteiger partial charge in [0, 0.05) is 18.8 Å². The highest BCUT2D eigenvalue weighted by Gasteiger charge is 2.25. The summed E-state index contributed by atoms with van der Waals surface area (Å²) in [5.74, 6) is -0.594.